The molecule has 3 aromatic rings. The number of imidazole rings is 1. The van der Waals surface area contributed by atoms with Crippen LogP contribution in [0.15, 0.2) is 32.8 Å². The molecule has 1 aromatic carbocycles. The standard InChI is InChI=1S/C13H10BrN7O4.ClH/c1-25-10-6(2-7(14)3-8(10)21(23)24)4-17-20-13-18-11-9(12(22)19-13)15-5-16-11;/h2-5H,1H3,(H3,15,16,18,19,20,22);1H. The topological polar surface area (TPSA) is 151 Å². The highest BCUT2D eigenvalue weighted by atomic mass is 79.9. The van der Waals surface area contributed by atoms with Crippen LogP contribution in [0.3, 0.4) is 0 Å². The Morgan fingerprint density at radius 3 is 2.92 bits per heavy atom. The van der Waals surface area contributed by atoms with Crippen molar-refractivity contribution in [3.63, 3.8) is 0 Å². The average Bonchev–Trinajstić information content (AvgIpc) is 3.03. The lowest BCUT2D eigenvalue weighted by atomic mass is 10.2. The minimum Gasteiger partial charge on any atom is -0.490 e. The van der Waals surface area contributed by atoms with Gasteiger partial charge >= 0.3 is 5.69 Å². The third-order valence-corrected chi connectivity index (χ3v) is 3.59. The third-order valence-electron chi connectivity index (χ3n) is 3.13. The fourth-order valence-electron chi connectivity index (χ4n) is 2.11. The molecule has 0 amide bonds. The second kappa shape index (κ2) is 7.93. The summed E-state index contributed by atoms with van der Waals surface area (Å²) in [5.41, 5.74) is 2.77. The minimum absolute atomic E-state index is 0. The number of halogens is 2. The van der Waals surface area contributed by atoms with Crippen LogP contribution in [-0.4, -0.2) is 38.2 Å². The van der Waals surface area contributed by atoms with Gasteiger partial charge in [-0.05, 0) is 6.07 Å². The van der Waals surface area contributed by atoms with Gasteiger partial charge in [0.15, 0.2) is 11.2 Å². The van der Waals surface area contributed by atoms with Gasteiger partial charge in [-0.25, -0.2) is 10.4 Å². The highest BCUT2D eigenvalue weighted by Gasteiger charge is 2.19. The molecule has 0 aliphatic carbocycles. The molecular weight excluding hydrogens is 434 g/mol. The number of benzene rings is 1. The van der Waals surface area contributed by atoms with Crippen LogP contribution in [0, 0.1) is 10.1 Å². The molecule has 0 radical (unpaired) electrons. The summed E-state index contributed by atoms with van der Waals surface area (Å²) >= 11 is 3.20. The normalized spacial score (nSPS) is 10.7. The van der Waals surface area contributed by atoms with Crippen molar-refractivity contribution in [2.24, 2.45) is 5.10 Å². The maximum Gasteiger partial charge on any atom is 0.312 e. The molecule has 0 atom stereocenters. The second-order valence-electron chi connectivity index (χ2n) is 4.69. The lowest BCUT2D eigenvalue weighted by Gasteiger charge is -2.06. The van der Waals surface area contributed by atoms with Crippen molar-refractivity contribution in [2.75, 3.05) is 12.5 Å². The number of hydrazone groups is 1. The van der Waals surface area contributed by atoms with E-state index in [1.807, 2.05) is 0 Å². The van der Waals surface area contributed by atoms with Crippen molar-refractivity contribution in [2.45, 2.75) is 0 Å². The molecule has 3 rings (SSSR count). The largest absolute Gasteiger partial charge is 0.490 e. The Kier molecular flexibility index (Phi) is 5.90. The van der Waals surface area contributed by atoms with Crippen LogP contribution in [0.4, 0.5) is 11.6 Å². The molecule has 2 heterocycles. The summed E-state index contributed by atoms with van der Waals surface area (Å²) in [5, 5.41) is 15.0. The number of nitrogens with zero attached hydrogens (tertiary/aromatic N) is 4. The maximum absolute atomic E-state index is 11.8. The third kappa shape index (κ3) is 3.81. The SMILES string of the molecule is COc1c(C=NNc2nc3nc[nH]c3c(=O)[nH]2)cc(Br)cc1[N+](=O)[O-].Cl. The van der Waals surface area contributed by atoms with E-state index in [1.54, 1.807) is 6.07 Å². The van der Waals surface area contributed by atoms with Crippen molar-refractivity contribution in [3.8, 4) is 5.75 Å². The van der Waals surface area contributed by atoms with E-state index >= 15 is 0 Å². The molecule has 26 heavy (non-hydrogen) atoms. The molecule has 0 fully saturated rings. The van der Waals surface area contributed by atoms with E-state index in [0.717, 1.165) is 0 Å². The molecule has 0 aliphatic heterocycles. The number of nitrogens with one attached hydrogen (secondary N) is 3. The number of methoxy groups -OCH3 is 1. The van der Waals surface area contributed by atoms with Gasteiger partial charge in [0.2, 0.25) is 11.7 Å². The maximum atomic E-state index is 11.8. The van der Waals surface area contributed by atoms with Crippen LogP contribution >= 0.6 is 28.3 Å². The Balaban J connectivity index is 0.00000243. The average molecular weight is 445 g/mol. The van der Waals surface area contributed by atoms with Crippen molar-refractivity contribution in [3.05, 3.63) is 49.0 Å². The van der Waals surface area contributed by atoms with Crippen LogP contribution in [0.5, 0.6) is 5.75 Å². The van der Waals surface area contributed by atoms with Gasteiger partial charge in [0, 0.05) is 16.1 Å². The number of aromatic nitrogens is 4. The summed E-state index contributed by atoms with van der Waals surface area (Å²) in [6.45, 7) is 0. The number of fused-ring (bicyclic) bond motifs is 1. The van der Waals surface area contributed by atoms with Crippen LogP contribution in [-0.2, 0) is 0 Å². The molecule has 136 valence electrons. The zero-order chi connectivity index (χ0) is 18.0. The number of aromatic amines is 2. The van der Waals surface area contributed by atoms with Crippen LogP contribution in [0.2, 0.25) is 0 Å². The van der Waals surface area contributed by atoms with E-state index < -0.39 is 10.5 Å². The van der Waals surface area contributed by atoms with E-state index in [4.69, 9.17) is 4.74 Å². The van der Waals surface area contributed by atoms with E-state index in [-0.39, 0.29) is 41.0 Å². The molecule has 2 aromatic heterocycles. The Labute approximate surface area is 159 Å². The highest BCUT2D eigenvalue weighted by Crippen LogP contribution is 2.33. The number of ether oxygens (including phenoxy) is 1. The first-order chi connectivity index (χ1) is 12.0. The van der Waals surface area contributed by atoms with Gasteiger partial charge in [0.05, 0.1) is 24.6 Å². The highest BCUT2D eigenvalue weighted by molar-refractivity contribution is 9.10. The van der Waals surface area contributed by atoms with Crippen molar-refractivity contribution < 1.29 is 9.66 Å². The predicted molar refractivity (Wildman–Crippen MR) is 100 cm³/mol. The fraction of sp³-hybridized carbons (Fsp3) is 0.0769. The number of rotatable bonds is 5. The lowest BCUT2D eigenvalue weighted by Crippen LogP contribution is -2.11. The molecule has 0 spiro atoms. The number of hydrogen-bond acceptors (Lipinski definition) is 8. The first kappa shape index (κ1) is 19.3. The smallest absolute Gasteiger partial charge is 0.312 e. The predicted octanol–water partition coefficient (Wildman–Crippen LogP) is 2.19. The summed E-state index contributed by atoms with van der Waals surface area (Å²) < 4.78 is 5.58. The first-order valence-electron chi connectivity index (χ1n) is 6.74. The Morgan fingerprint density at radius 2 is 2.23 bits per heavy atom. The molecular formula is C13H11BrClN7O4. The van der Waals surface area contributed by atoms with Crippen LogP contribution in [0.25, 0.3) is 11.2 Å². The van der Waals surface area contributed by atoms with Crippen molar-refractivity contribution in [1.29, 1.82) is 0 Å². The number of H-pyrrole nitrogens is 2. The number of anilines is 1. The minimum atomic E-state index is -0.557. The first-order valence-corrected chi connectivity index (χ1v) is 7.53. The second-order valence-corrected chi connectivity index (χ2v) is 5.61. The number of hydrogen-bond donors (Lipinski definition) is 3. The van der Waals surface area contributed by atoms with E-state index in [2.05, 4.69) is 46.4 Å². The summed E-state index contributed by atoms with van der Waals surface area (Å²) in [6.07, 6.45) is 2.66. The monoisotopic (exact) mass is 443 g/mol. The van der Waals surface area contributed by atoms with Gasteiger partial charge in [0.1, 0.15) is 0 Å². The molecule has 13 heteroatoms. The number of nitro benzene ring substituents is 1. The quantitative estimate of drug-likeness (QED) is 0.310. The molecule has 0 unspecified atom stereocenters. The van der Waals surface area contributed by atoms with Gasteiger partial charge < -0.3 is 9.72 Å². The van der Waals surface area contributed by atoms with Crippen molar-refractivity contribution in [1.82, 2.24) is 19.9 Å². The fourth-order valence-corrected chi connectivity index (χ4v) is 2.58. The molecule has 0 bridgehead atoms. The summed E-state index contributed by atoms with van der Waals surface area (Å²) in [4.78, 5) is 35.4. The van der Waals surface area contributed by atoms with Crippen LogP contribution < -0.4 is 15.7 Å². The zero-order valence-corrected chi connectivity index (χ0v) is 15.4. The summed E-state index contributed by atoms with van der Waals surface area (Å²) in [7, 11) is 1.32. The van der Waals surface area contributed by atoms with E-state index in [9.17, 15) is 14.9 Å². The van der Waals surface area contributed by atoms with E-state index in [1.165, 1.54) is 25.7 Å². The van der Waals surface area contributed by atoms with Crippen molar-refractivity contribution >= 4 is 57.4 Å². The Morgan fingerprint density at radius 1 is 1.46 bits per heavy atom. The molecule has 0 aliphatic rings. The Hall–Kier alpha value is -2.99. The molecule has 0 saturated carbocycles. The van der Waals surface area contributed by atoms with Gasteiger partial charge in [-0.15, -0.1) is 12.4 Å². The molecule has 11 nitrogen and oxygen atoms in total. The van der Waals surface area contributed by atoms with Gasteiger partial charge in [-0.3, -0.25) is 19.9 Å². The summed E-state index contributed by atoms with van der Waals surface area (Å²) in [5.74, 6) is 0.132. The van der Waals surface area contributed by atoms with Gasteiger partial charge in [-0.2, -0.15) is 10.1 Å². The zero-order valence-electron chi connectivity index (χ0n) is 13.0. The van der Waals surface area contributed by atoms with E-state index in [0.29, 0.717) is 10.0 Å². The van der Waals surface area contributed by atoms with Gasteiger partial charge in [-0.1, -0.05) is 15.9 Å². The summed E-state index contributed by atoms with van der Waals surface area (Å²) in [6, 6.07) is 2.93. The Bertz CT molecular complexity index is 1050. The van der Waals surface area contributed by atoms with Crippen LogP contribution in [0.1, 0.15) is 5.56 Å². The lowest BCUT2D eigenvalue weighted by molar-refractivity contribution is -0.385. The van der Waals surface area contributed by atoms with Gasteiger partial charge in [0.25, 0.3) is 5.56 Å². The number of nitro groups is 1. The molecule has 0 saturated heterocycles. The molecule has 3 N–H and O–H groups in total.